The molecule has 0 aliphatic carbocycles. The molecule has 3 N–H and O–H groups in total. The Kier molecular flexibility index (Phi) is 9.96. The highest BCUT2D eigenvalue weighted by Gasteiger charge is 2.35. The molecule has 1 heterocycles. The third kappa shape index (κ3) is 6.93. The molecule has 0 unspecified atom stereocenters. The zero-order valence-corrected chi connectivity index (χ0v) is 17.7. The molecule has 0 aromatic carbocycles. The molecule has 0 bridgehead atoms. The Hall–Kier alpha value is -2.27. The number of nitrogens with one attached hydrogen (secondary N) is 3. The summed E-state index contributed by atoms with van der Waals surface area (Å²) < 4.78 is 0. The Morgan fingerprint density at radius 2 is 1.34 bits per heavy atom. The molecular formula is C19H30N4O6. The largest absolute Gasteiger partial charge is 0.341 e. The van der Waals surface area contributed by atoms with Gasteiger partial charge in [-0.15, -0.1) is 0 Å². The fourth-order valence-electron chi connectivity index (χ4n) is 2.84. The molecule has 2 atom stereocenters. The molecule has 0 saturated carbocycles. The van der Waals surface area contributed by atoms with Gasteiger partial charge in [-0.1, -0.05) is 27.7 Å². The number of ketones is 4. The number of hydrogen-bond acceptors (Lipinski definition) is 9. The van der Waals surface area contributed by atoms with Gasteiger partial charge in [0.15, 0.2) is 0 Å². The smallest absolute Gasteiger partial charge is 0.250 e. The van der Waals surface area contributed by atoms with Gasteiger partial charge in [0.05, 0.1) is 32.6 Å². The highest BCUT2D eigenvalue weighted by atomic mass is 16.6. The van der Waals surface area contributed by atoms with E-state index in [0.717, 1.165) is 6.33 Å². The maximum atomic E-state index is 12.7. The van der Waals surface area contributed by atoms with Crippen molar-refractivity contribution in [3.05, 3.63) is 17.7 Å². The first kappa shape index (κ1) is 24.8. The van der Waals surface area contributed by atoms with E-state index < -0.39 is 35.2 Å². The molecule has 0 amide bonds. The number of carbonyl (C=O) groups is 4. The molecular weight excluding hydrogens is 380 g/mol. The number of H-pyrrole nitrogens is 1. The minimum atomic E-state index is -0.974. The molecule has 0 spiro atoms. The lowest BCUT2D eigenvalue weighted by molar-refractivity contribution is -0.121. The van der Waals surface area contributed by atoms with Gasteiger partial charge in [0.2, 0.25) is 17.3 Å². The van der Waals surface area contributed by atoms with Crippen LogP contribution in [0.4, 0.5) is 0 Å². The molecule has 0 fully saturated rings. The normalized spacial score (nSPS) is 13.5. The summed E-state index contributed by atoms with van der Waals surface area (Å²) in [5.41, 5.74) is 4.29. The van der Waals surface area contributed by atoms with Gasteiger partial charge in [-0.05, 0) is 24.7 Å². The Bertz CT molecular complexity index is 670. The summed E-state index contributed by atoms with van der Waals surface area (Å²) in [7, 11) is 2.68. The molecule has 0 saturated heterocycles. The Morgan fingerprint density at radius 3 is 1.76 bits per heavy atom. The average molecular weight is 410 g/mol. The van der Waals surface area contributed by atoms with E-state index in [0.29, 0.717) is 12.8 Å². The van der Waals surface area contributed by atoms with Gasteiger partial charge in [0.25, 0.3) is 5.78 Å². The van der Waals surface area contributed by atoms with E-state index in [1.54, 1.807) is 0 Å². The number of hydrogen-bond donors (Lipinski definition) is 3. The quantitative estimate of drug-likeness (QED) is 0.233. The van der Waals surface area contributed by atoms with Gasteiger partial charge in [-0.3, -0.25) is 19.2 Å². The summed E-state index contributed by atoms with van der Waals surface area (Å²) >= 11 is 0. The second kappa shape index (κ2) is 11.7. The van der Waals surface area contributed by atoms with Crippen molar-refractivity contribution in [1.82, 2.24) is 20.9 Å². The average Bonchev–Trinajstić information content (AvgIpc) is 3.14. The molecule has 1 rings (SSSR count). The van der Waals surface area contributed by atoms with E-state index in [9.17, 15) is 19.2 Å². The predicted octanol–water partition coefficient (Wildman–Crippen LogP) is 1.04. The fraction of sp³-hybridized carbons (Fsp3) is 0.632. The third-order valence-corrected chi connectivity index (χ3v) is 4.10. The van der Waals surface area contributed by atoms with Crippen molar-refractivity contribution in [3.63, 3.8) is 0 Å². The number of hydroxylamine groups is 2. The van der Waals surface area contributed by atoms with Crippen LogP contribution in [0.15, 0.2) is 6.33 Å². The Balaban J connectivity index is 3.10. The van der Waals surface area contributed by atoms with Crippen LogP contribution in [0, 0.1) is 11.8 Å². The molecule has 0 aliphatic rings. The highest BCUT2D eigenvalue weighted by Crippen LogP contribution is 2.14. The summed E-state index contributed by atoms with van der Waals surface area (Å²) in [5.74, 6) is -3.30. The lowest BCUT2D eigenvalue weighted by atomic mass is 9.94. The molecule has 0 aliphatic heterocycles. The van der Waals surface area contributed by atoms with Crippen LogP contribution in [-0.4, -0.2) is 59.4 Å². The van der Waals surface area contributed by atoms with Crippen molar-refractivity contribution in [3.8, 4) is 0 Å². The molecule has 162 valence electrons. The van der Waals surface area contributed by atoms with Gasteiger partial charge in [0, 0.05) is 0 Å². The number of aromatic nitrogens is 2. The molecule has 1 aromatic rings. The van der Waals surface area contributed by atoms with Crippen molar-refractivity contribution in [2.75, 3.05) is 14.2 Å². The lowest BCUT2D eigenvalue weighted by Crippen LogP contribution is -2.43. The maximum Gasteiger partial charge on any atom is 0.250 e. The Labute approximate surface area is 170 Å². The topological polar surface area (TPSA) is 139 Å². The van der Waals surface area contributed by atoms with Crippen LogP contribution in [0.5, 0.6) is 0 Å². The lowest BCUT2D eigenvalue weighted by Gasteiger charge is -2.18. The summed E-state index contributed by atoms with van der Waals surface area (Å²) in [5, 5.41) is 0. The van der Waals surface area contributed by atoms with Gasteiger partial charge in [0.1, 0.15) is 11.4 Å². The maximum absolute atomic E-state index is 12.7. The van der Waals surface area contributed by atoms with Crippen molar-refractivity contribution < 1.29 is 28.9 Å². The first-order valence-corrected chi connectivity index (χ1v) is 9.41. The number of carbonyl (C=O) groups excluding carboxylic acids is 4. The highest BCUT2D eigenvalue weighted by molar-refractivity contribution is 6.50. The van der Waals surface area contributed by atoms with Crippen LogP contribution in [0.25, 0.3) is 0 Å². The van der Waals surface area contributed by atoms with E-state index in [1.807, 2.05) is 27.7 Å². The van der Waals surface area contributed by atoms with E-state index >= 15 is 0 Å². The number of nitrogens with zero attached hydrogens (tertiary/aromatic N) is 1. The number of aromatic amines is 1. The number of imidazole rings is 1. The van der Waals surface area contributed by atoms with Gasteiger partial charge in [-0.2, -0.15) is 11.0 Å². The van der Waals surface area contributed by atoms with Crippen LogP contribution in [0.1, 0.15) is 61.5 Å². The zero-order valence-electron chi connectivity index (χ0n) is 17.7. The minimum absolute atomic E-state index is 0.109. The third-order valence-electron chi connectivity index (χ3n) is 4.10. The van der Waals surface area contributed by atoms with Crippen molar-refractivity contribution in [1.29, 1.82) is 0 Å². The minimum Gasteiger partial charge on any atom is -0.341 e. The fourth-order valence-corrected chi connectivity index (χ4v) is 2.84. The number of rotatable bonds is 14. The van der Waals surface area contributed by atoms with E-state index in [4.69, 9.17) is 9.68 Å². The predicted molar refractivity (Wildman–Crippen MR) is 104 cm³/mol. The van der Waals surface area contributed by atoms with Crippen molar-refractivity contribution in [2.45, 2.75) is 52.6 Å². The first-order valence-electron chi connectivity index (χ1n) is 9.41. The van der Waals surface area contributed by atoms with Gasteiger partial charge < -0.3 is 14.7 Å². The van der Waals surface area contributed by atoms with E-state index in [2.05, 4.69) is 20.9 Å². The van der Waals surface area contributed by atoms with Crippen LogP contribution < -0.4 is 11.0 Å². The van der Waals surface area contributed by atoms with E-state index in [-0.39, 0.29) is 23.2 Å². The molecule has 0 radical (unpaired) electrons. The standard InChI is InChI=1S/C19H30N4O6/c1-10(2)7-12(22-28-5)16(24)18(26)14-15(21-9-20-14)19(27)17(25)13(23-29-6)8-11(3)4/h9-13,22-23H,7-8H2,1-6H3,(H,20,21)/t12-,13-/m0/s1. The summed E-state index contributed by atoms with van der Waals surface area (Å²) in [4.78, 5) is 66.6. The van der Waals surface area contributed by atoms with E-state index in [1.165, 1.54) is 14.2 Å². The second-order valence-corrected chi connectivity index (χ2v) is 7.52. The zero-order chi connectivity index (χ0) is 22.1. The first-order chi connectivity index (χ1) is 13.6. The second-order valence-electron chi connectivity index (χ2n) is 7.52. The van der Waals surface area contributed by atoms with Crippen LogP contribution in [0.3, 0.4) is 0 Å². The van der Waals surface area contributed by atoms with Crippen LogP contribution >= 0.6 is 0 Å². The van der Waals surface area contributed by atoms with Gasteiger partial charge in [-0.25, -0.2) is 4.98 Å². The Morgan fingerprint density at radius 1 is 0.897 bits per heavy atom. The van der Waals surface area contributed by atoms with Gasteiger partial charge >= 0.3 is 0 Å². The monoisotopic (exact) mass is 410 g/mol. The molecule has 10 nitrogen and oxygen atoms in total. The molecule has 1 aromatic heterocycles. The number of Topliss-reactive ketones (excluding diaryl/α,β-unsaturated/α-hetero) is 4. The van der Waals surface area contributed by atoms with Crippen molar-refractivity contribution >= 4 is 23.1 Å². The van der Waals surface area contributed by atoms with Crippen LogP contribution in [0.2, 0.25) is 0 Å². The summed E-state index contributed by atoms with van der Waals surface area (Å²) in [6.07, 6.45) is 1.80. The summed E-state index contributed by atoms with van der Waals surface area (Å²) in [6.45, 7) is 7.57. The SMILES string of the molecule is CON[C@@H](CC(C)C)C(=O)C(=O)c1nc[nH]c1C(=O)C(=O)[C@H](CC(C)C)NOC. The summed E-state index contributed by atoms with van der Waals surface area (Å²) in [6, 6.07) is -1.79. The van der Waals surface area contributed by atoms with Crippen molar-refractivity contribution in [2.24, 2.45) is 11.8 Å². The molecule has 10 heteroatoms. The molecule has 29 heavy (non-hydrogen) atoms. The van der Waals surface area contributed by atoms with Crippen LogP contribution in [-0.2, 0) is 19.3 Å².